The predicted octanol–water partition coefficient (Wildman–Crippen LogP) is 2.87. The van der Waals surface area contributed by atoms with Crippen LogP contribution in [0.3, 0.4) is 0 Å². The Morgan fingerprint density at radius 1 is 1.03 bits per heavy atom. The molecule has 1 saturated heterocycles. The van der Waals surface area contributed by atoms with E-state index in [1.165, 1.54) is 27.4 Å². The van der Waals surface area contributed by atoms with Gasteiger partial charge in [-0.25, -0.2) is 8.42 Å². The third-order valence-electron chi connectivity index (χ3n) is 6.51. The van der Waals surface area contributed by atoms with E-state index in [0.717, 1.165) is 43.0 Å². The highest BCUT2D eigenvalue weighted by Gasteiger charge is 2.33. The van der Waals surface area contributed by atoms with Crippen molar-refractivity contribution in [3.8, 4) is 0 Å². The Morgan fingerprint density at radius 3 is 2.42 bits per heavy atom. The molecule has 1 N–H and O–H groups in total. The van der Waals surface area contributed by atoms with Crippen molar-refractivity contribution >= 4 is 21.4 Å². The van der Waals surface area contributed by atoms with Gasteiger partial charge < -0.3 is 10.0 Å². The third kappa shape index (κ3) is 4.59. The highest BCUT2D eigenvalue weighted by molar-refractivity contribution is 7.92. The van der Waals surface area contributed by atoms with Gasteiger partial charge >= 0.3 is 0 Å². The number of nitrogens with zero attached hydrogens (tertiary/aromatic N) is 3. The van der Waals surface area contributed by atoms with Crippen molar-refractivity contribution in [3.05, 3.63) is 58.7 Å². The zero-order valence-corrected chi connectivity index (χ0v) is 19.7. The maximum absolute atomic E-state index is 12.1. The first kappa shape index (κ1) is 22.1. The Morgan fingerprint density at radius 2 is 1.74 bits per heavy atom. The Kier molecular flexibility index (Phi) is 6.03. The van der Waals surface area contributed by atoms with Gasteiger partial charge in [-0.2, -0.15) is 0 Å². The number of rotatable bonds is 5. The average molecular weight is 444 g/mol. The molecule has 2 aromatic carbocycles. The summed E-state index contributed by atoms with van der Waals surface area (Å²) in [4.78, 5) is 4.74. The van der Waals surface area contributed by atoms with E-state index < -0.39 is 16.1 Å². The van der Waals surface area contributed by atoms with Gasteiger partial charge in [-0.3, -0.25) is 9.21 Å². The van der Waals surface area contributed by atoms with Gasteiger partial charge in [0.25, 0.3) is 0 Å². The standard InChI is InChI=1S/C24H33N3O3S/c1-17-5-6-18(2)23(13-17)26-11-9-25(10-12-26)16-24(28)20-7-8-22-21(15-20)14-19(3)27(22)31(4,29)30/h5-8,13,15,19,24,28H,9-12,14,16H2,1-4H3/t19-,24+/m1/s1. The van der Waals surface area contributed by atoms with Crippen LogP contribution >= 0.6 is 0 Å². The van der Waals surface area contributed by atoms with E-state index in [1.807, 2.05) is 25.1 Å². The van der Waals surface area contributed by atoms with Crippen molar-refractivity contribution in [1.82, 2.24) is 4.90 Å². The minimum absolute atomic E-state index is 0.0875. The van der Waals surface area contributed by atoms with E-state index in [-0.39, 0.29) is 6.04 Å². The molecule has 0 spiro atoms. The number of anilines is 2. The molecule has 1 fully saturated rings. The maximum atomic E-state index is 12.1. The number of hydrogen-bond acceptors (Lipinski definition) is 5. The molecule has 0 amide bonds. The number of sulfonamides is 1. The number of benzene rings is 2. The van der Waals surface area contributed by atoms with Crippen LogP contribution < -0.4 is 9.21 Å². The molecule has 4 rings (SSSR count). The molecule has 31 heavy (non-hydrogen) atoms. The van der Waals surface area contributed by atoms with Gasteiger partial charge in [0, 0.05) is 44.5 Å². The minimum atomic E-state index is -3.30. The van der Waals surface area contributed by atoms with E-state index in [2.05, 4.69) is 41.8 Å². The minimum Gasteiger partial charge on any atom is -0.387 e. The molecule has 6 nitrogen and oxygen atoms in total. The van der Waals surface area contributed by atoms with Gasteiger partial charge in [0.05, 0.1) is 18.0 Å². The molecular formula is C24H33N3O3S. The van der Waals surface area contributed by atoms with E-state index in [4.69, 9.17) is 0 Å². The fourth-order valence-corrected chi connectivity index (χ4v) is 6.18. The van der Waals surface area contributed by atoms with Crippen molar-refractivity contribution < 1.29 is 13.5 Å². The number of fused-ring (bicyclic) bond motifs is 1. The van der Waals surface area contributed by atoms with Crippen LogP contribution in [-0.4, -0.2) is 63.4 Å². The van der Waals surface area contributed by atoms with Crippen molar-refractivity contribution in [2.24, 2.45) is 0 Å². The molecule has 0 unspecified atom stereocenters. The average Bonchev–Trinajstić information content (AvgIpc) is 3.05. The summed E-state index contributed by atoms with van der Waals surface area (Å²) in [7, 11) is -3.30. The Hall–Kier alpha value is -2.09. The van der Waals surface area contributed by atoms with E-state index >= 15 is 0 Å². The molecule has 0 aliphatic carbocycles. The molecule has 2 atom stereocenters. The fraction of sp³-hybridized carbons (Fsp3) is 0.500. The molecule has 7 heteroatoms. The van der Waals surface area contributed by atoms with Crippen LogP contribution in [0.4, 0.5) is 11.4 Å². The summed E-state index contributed by atoms with van der Waals surface area (Å²) < 4.78 is 25.7. The maximum Gasteiger partial charge on any atom is 0.232 e. The first-order chi connectivity index (χ1) is 14.6. The van der Waals surface area contributed by atoms with Crippen LogP contribution in [0.5, 0.6) is 0 Å². The number of aliphatic hydroxyl groups excluding tert-OH is 1. The quantitative estimate of drug-likeness (QED) is 0.770. The number of aryl methyl sites for hydroxylation is 2. The first-order valence-electron chi connectivity index (χ1n) is 11.0. The molecule has 0 saturated carbocycles. The molecule has 2 aliphatic heterocycles. The summed E-state index contributed by atoms with van der Waals surface area (Å²) in [6.45, 7) is 10.5. The smallest absolute Gasteiger partial charge is 0.232 e. The summed E-state index contributed by atoms with van der Waals surface area (Å²) in [5.74, 6) is 0. The lowest BCUT2D eigenvalue weighted by molar-refractivity contribution is 0.109. The molecule has 2 aromatic rings. The van der Waals surface area contributed by atoms with Gasteiger partial charge in [-0.05, 0) is 61.6 Å². The topological polar surface area (TPSA) is 64.1 Å². The van der Waals surface area contributed by atoms with Crippen molar-refractivity contribution in [2.45, 2.75) is 39.3 Å². The summed E-state index contributed by atoms with van der Waals surface area (Å²) in [5, 5.41) is 10.9. The summed E-state index contributed by atoms with van der Waals surface area (Å²) in [5.41, 5.74) is 6.48. The number of β-amino-alcohol motifs (C(OH)–C–C–N with tert-alkyl or cyclic N) is 1. The zero-order valence-electron chi connectivity index (χ0n) is 18.9. The highest BCUT2D eigenvalue weighted by Crippen LogP contribution is 2.36. The third-order valence-corrected chi connectivity index (χ3v) is 7.78. The predicted molar refractivity (Wildman–Crippen MR) is 126 cm³/mol. The lowest BCUT2D eigenvalue weighted by Crippen LogP contribution is -2.47. The molecule has 2 aliphatic rings. The van der Waals surface area contributed by atoms with Crippen LogP contribution in [0.25, 0.3) is 0 Å². The summed E-state index contributed by atoms with van der Waals surface area (Å²) in [6, 6.07) is 12.2. The van der Waals surface area contributed by atoms with Crippen LogP contribution in [0.15, 0.2) is 36.4 Å². The number of aliphatic hydroxyl groups is 1. The Bertz CT molecular complexity index is 1060. The Labute approximate surface area is 186 Å². The molecular weight excluding hydrogens is 410 g/mol. The van der Waals surface area contributed by atoms with Gasteiger partial charge in [0.2, 0.25) is 10.0 Å². The number of piperazine rings is 1. The first-order valence-corrected chi connectivity index (χ1v) is 12.8. The van der Waals surface area contributed by atoms with Crippen molar-refractivity contribution in [1.29, 1.82) is 0 Å². The van der Waals surface area contributed by atoms with Crippen molar-refractivity contribution in [2.75, 3.05) is 48.2 Å². The summed E-state index contributed by atoms with van der Waals surface area (Å²) >= 11 is 0. The molecule has 2 heterocycles. The van der Waals surface area contributed by atoms with Gasteiger partial charge in [0.15, 0.2) is 0 Å². The second kappa shape index (κ2) is 8.45. The van der Waals surface area contributed by atoms with Crippen LogP contribution in [-0.2, 0) is 16.4 Å². The van der Waals surface area contributed by atoms with Gasteiger partial charge in [-0.1, -0.05) is 24.3 Å². The molecule has 0 radical (unpaired) electrons. The van der Waals surface area contributed by atoms with Gasteiger partial charge in [-0.15, -0.1) is 0 Å². The SMILES string of the molecule is Cc1ccc(C)c(N2CCN(C[C@H](O)c3ccc4c(c3)C[C@@H](C)N4S(C)(=O)=O)CC2)c1. The lowest BCUT2D eigenvalue weighted by atomic mass is 10.0. The van der Waals surface area contributed by atoms with Crippen molar-refractivity contribution in [3.63, 3.8) is 0 Å². The van der Waals surface area contributed by atoms with Gasteiger partial charge in [0.1, 0.15) is 0 Å². The number of hydrogen-bond donors (Lipinski definition) is 1. The monoisotopic (exact) mass is 443 g/mol. The molecule has 0 bridgehead atoms. The fourth-order valence-electron chi connectivity index (χ4n) is 4.92. The highest BCUT2D eigenvalue weighted by atomic mass is 32.2. The summed E-state index contributed by atoms with van der Waals surface area (Å²) in [6.07, 6.45) is 1.34. The van der Waals surface area contributed by atoms with Crippen LogP contribution in [0.2, 0.25) is 0 Å². The Balaban J connectivity index is 1.39. The van der Waals surface area contributed by atoms with E-state index in [9.17, 15) is 13.5 Å². The van der Waals surface area contributed by atoms with E-state index in [0.29, 0.717) is 13.0 Å². The molecule has 168 valence electrons. The van der Waals surface area contributed by atoms with E-state index in [1.54, 1.807) is 0 Å². The zero-order chi connectivity index (χ0) is 22.3. The second-order valence-corrected chi connectivity index (χ2v) is 11.0. The lowest BCUT2D eigenvalue weighted by Gasteiger charge is -2.37. The van der Waals surface area contributed by atoms with Crippen LogP contribution in [0, 0.1) is 13.8 Å². The largest absolute Gasteiger partial charge is 0.387 e. The molecule has 0 aromatic heterocycles. The van der Waals surface area contributed by atoms with Crippen LogP contribution in [0.1, 0.15) is 35.3 Å². The second-order valence-electron chi connectivity index (χ2n) is 9.09. The normalized spacial score (nSPS) is 20.7.